The highest BCUT2D eigenvalue weighted by Crippen LogP contribution is 2.23. The van der Waals surface area contributed by atoms with Crippen LogP contribution in [0.25, 0.3) is 0 Å². The molecule has 1 aromatic carbocycles. The van der Waals surface area contributed by atoms with Crippen molar-refractivity contribution in [2.45, 2.75) is 12.5 Å². The van der Waals surface area contributed by atoms with Crippen molar-refractivity contribution < 1.29 is 14.6 Å². The number of anilines is 1. The number of rotatable bonds is 4. The summed E-state index contributed by atoms with van der Waals surface area (Å²) in [6, 6.07) is 4.62. The normalized spacial score (nSPS) is 14.2. The van der Waals surface area contributed by atoms with Gasteiger partial charge < -0.3 is 15.2 Å². The van der Waals surface area contributed by atoms with Crippen LogP contribution >= 0.6 is 23.2 Å². The highest BCUT2D eigenvalue weighted by molar-refractivity contribution is 6.35. The lowest BCUT2D eigenvalue weighted by Crippen LogP contribution is -2.43. The molecule has 0 aromatic heterocycles. The minimum absolute atomic E-state index is 0.104. The van der Waals surface area contributed by atoms with Gasteiger partial charge in [-0.1, -0.05) is 23.2 Å². The van der Waals surface area contributed by atoms with Crippen LogP contribution in [-0.2, 0) is 9.53 Å². The van der Waals surface area contributed by atoms with Gasteiger partial charge in [-0.3, -0.25) is 4.79 Å². The zero-order chi connectivity index (χ0) is 13.1. The summed E-state index contributed by atoms with van der Waals surface area (Å²) in [5.74, 6) is -0.585. The van der Waals surface area contributed by atoms with Gasteiger partial charge in [-0.25, -0.2) is 0 Å². The molecule has 17 heavy (non-hydrogen) atoms. The van der Waals surface area contributed by atoms with Gasteiger partial charge >= 0.3 is 0 Å². The average Bonchev–Trinajstić information content (AvgIpc) is 2.15. The van der Waals surface area contributed by atoms with Crippen molar-refractivity contribution in [3.05, 3.63) is 28.2 Å². The van der Waals surface area contributed by atoms with Gasteiger partial charge in [0.15, 0.2) is 5.60 Å². The highest BCUT2D eigenvalue weighted by atomic mass is 35.5. The first-order valence-corrected chi connectivity index (χ1v) is 5.59. The molecular formula is C11H13Cl2NO3. The smallest absolute Gasteiger partial charge is 0.258 e. The van der Waals surface area contributed by atoms with Gasteiger partial charge in [-0.05, 0) is 25.1 Å². The molecule has 1 atom stereocenters. The van der Waals surface area contributed by atoms with Crippen LogP contribution in [-0.4, -0.2) is 30.3 Å². The number of ether oxygens (including phenoxy) is 1. The lowest BCUT2D eigenvalue weighted by atomic mass is 10.1. The van der Waals surface area contributed by atoms with Crippen LogP contribution in [0.15, 0.2) is 18.2 Å². The Morgan fingerprint density at radius 2 is 1.94 bits per heavy atom. The first-order valence-electron chi connectivity index (χ1n) is 4.84. The summed E-state index contributed by atoms with van der Waals surface area (Å²) < 4.78 is 4.75. The summed E-state index contributed by atoms with van der Waals surface area (Å²) in [6.45, 7) is 1.26. The number of methoxy groups -OCH3 is 1. The van der Waals surface area contributed by atoms with Crippen LogP contribution < -0.4 is 5.32 Å². The number of amides is 1. The number of hydrogen-bond donors (Lipinski definition) is 2. The molecule has 0 saturated carbocycles. The van der Waals surface area contributed by atoms with Gasteiger partial charge in [0.2, 0.25) is 0 Å². The highest BCUT2D eigenvalue weighted by Gasteiger charge is 2.30. The van der Waals surface area contributed by atoms with Gasteiger partial charge in [-0.2, -0.15) is 0 Å². The molecule has 0 spiro atoms. The summed E-state index contributed by atoms with van der Waals surface area (Å²) >= 11 is 11.6. The van der Waals surface area contributed by atoms with Crippen molar-refractivity contribution in [1.82, 2.24) is 0 Å². The van der Waals surface area contributed by atoms with Gasteiger partial charge in [0.25, 0.3) is 5.91 Å². The largest absolute Gasteiger partial charge is 0.381 e. The van der Waals surface area contributed by atoms with E-state index < -0.39 is 11.5 Å². The van der Waals surface area contributed by atoms with Gasteiger partial charge in [-0.15, -0.1) is 0 Å². The third kappa shape index (κ3) is 4.16. The van der Waals surface area contributed by atoms with E-state index >= 15 is 0 Å². The number of carbonyl (C=O) groups excluding carboxylic acids is 1. The molecule has 0 saturated heterocycles. The summed E-state index contributed by atoms with van der Waals surface area (Å²) in [5, 5.41) is 13.1. The maximum Gasteiger partial charge on any atom is 0.258 e. The molecule has 2 N–H and O–H groups in total. The molecule has 0 heterocycles. The lowest BCUT2D eigenvalue weighted by Gasteiger charge is -2.21. The fraction of sp³-hybridized carbons (Fsp3) is 0.364. The minimum atomic E-state index is -1.61. The topological polar surface area (TPSA) is 58.6 Å². The quantitative estimate of drug-likeness (QED) is 0.888. The fourth-order valence-electron chi connectivity index (χ4n) is 1.24. The standard InChI is InChI=1S/C11H13Cl2NO3/c1-11(16,6-17-2)10(15)14-9-4-7(12)3-8(13)5-9/h3-5,16H,6H2,1-2H3,(H,14,15). The SMILES string of the molecule is COCC(C)(O)C(=O)Nc1cc(Cl)cc(Cl)c1. The van der Waals surface area contributed by atoms with E-state index in [4.69, 9.17) is 27.9 Å². The second-order valence-corrected chi connectivity index (χ2v) is 4.69. The monoisotopic (exact) mass is 277 g/mol. The van der Waals surface area contributed by atoms with Crippen molar-refractivity contribution in [1.29, 1.82) is 0 Å². The van der Waals surface area contributed by atoms with Crippen molar-refractivity contribution in [2.75, 3.05) is 19.0 Å². The van der Waals surface area contributed by atoms with E-state index in [9.17, 15) is 9.90 Å². The van der Waals surface area contributed by atoms with E-state index in [1.54, 1.807) is 6.07 Å². The molecule has 6 heteroatoms. The van der Waals surface area contributed by atoms with E-state index in [0.29, 0.717) is 15.7 Å². The second kappa shape index (κ2) is 5.69. The molecular weight excluding hydrogens is 265 g/mol. The number of halogens is 2. The molecule has 1 aromatic rings. The third-order valence-electron chi connectivity index (χ3n) is 2.03. The van der Waals surface area contributed by atoms with Crippen LogP contribution in [0.4, 0.5) is 5.69 Å². The number of aliphatic hydroxyl groups is 1. The molecule has 0 bridgehead atoms. The zero-order valence-electron chi connectivity index (χ0n) is 9.46. The van der Waals surface area contributed by atoms with Crippen molar-refractivity contribution in [3.8, 4) is 0 Å². The third-order valence-corrected chi connectivity index (χ3v) is 2.47. The molecule has 94 valence electrons. The Bertz CT molecular complexity index is 401. The van der Waals surface area contributed by atoms with Gasteiger partial charge in [0.05, 0.1) is 6.61 Å². The molecule has 1 amide bonds. The van der Waals surface area contributed by atoms with Crippen molar-refractivity contribution in [2.24, 2.45) is 0 Å². The first-order chi connectivity index (χ1) is 7.85. The Labute approximate surface area is 109 Å². The predicted octanol–water partition coefficient (Wildman–Crippen LogP) is 2.33. The number of benzene rings is 1. The van der Waals surface area contributed by atoms with Crippen molar-refractivity contribution >= 4 is 34.8 Å². The van der Waals surface area contributed by atoms with E-state index in [2.05, 4.69) is 5.32 Å². The molecule has 0 aliphatic heterocycles. The zero-order valence-corrected chi connectivity index (χ0v) is 11.0. The first kappa shape index (κ1) is 14.3. The Morgan fingerprint density at radius 1 is 1.41 bits per heavy atom. The van der Waals surface area contributed by atoms with Gasteiger partial charge in [0, 0.05) is 22.8 Å². The molecule has 4 nitrogen and oxygen atoms in total. The molecule has 0 radical (unpaired) electrons. The van der Waals surface area contributed by atoms with E-state index in [-0.39, 0.29) is 6.61 Å². The molecule has 1 rings (SSSR count). The molecule has 1 unspecified atom stereocenters. The van der Waals surface area contributed by atoms with Crippen LogP contribution in [0.5, 0.6) is 0 Å². The maximum atomic E-state index is 11.7. The van der Waals surface area contributed by atoms with Crippen LogP contribution in [0.3, 0.4) is 0 Å². The average molecular weight is 278 g/mol. The second-order valence-electron chi connectivity index (χ2n) is 3.82. The number of hydrogen-bond acceptors (Lipinski definition) is 3. The van der Waals surface area contributed by atoms with Gasteiger partial charge in [0.1, 0.15) is 0 Å². The summed E-state index contributed by atoms with van der Waals surface area (Å²) in [6.07, 6.45) is 0. The molecule has 0 aliphatic carbocycles. The maximum absolute atomic E-state index is 11.7. The summed E-state index contributed by atoms with van der Waals surface area (Å²) in [4.78, 5) is 11.7. The Kier molecular flexibility index (Phi) is 4.77. The Hall–Kier alpha value is -0.810. The lowest BCUT2D eigenvalue weighted by molar-refractivity contribution is -0.137. The Balaban J connectivity index is 2.80. The van der Waals surface area contributed by atoms with Crippen LogP contribution in [0.1, 0.15) is 6.92 Å². The van der Waals surface area contributed by atoms with Crippen LogP contribution in [0.2, 0.25) is 10.0 Å². The van der Waals surface area contributed by atoms with E-state index in [1.165, 1.54) is 26.2 Å². The Morgan fingerprint density at radius 3 is 2.41 bits per heavy atom. The minimum Gasteiger partial charge on any atom is -0.381 e. The van der Waals surface area contributed by atoms with Crippen LogP contribution in [0, 0.1) is 0 Å². The molecule has 0 fully saturated rings. The summed E-state index contributed by atoms with van der Waals surface area (Å²) in [7, 11) is 1.40. The summed E-state index contributed by atoms with van der Waals surface area (Å²) in [5.41, 5.74) is -1.19. The van der Waals surface area contributed by atoms with E-state index in [1.807, 2.05) is 0 Å². The fourth-order valence-corrected chi connectivity index (χ4v) is 1.76. The number of nitrogens with one attached hydrogen (secondary N) is 1. The number of carbonyl (C=O) groups is 1. The predicted molar refractivity (Wildman–Crippen MR) is 67.6 cm³/mol. The van der Waals surface area contributed by atoms with E-state index in [0.717, 1.165) is 0 Å². The molecule has 0 aliphatic rings. The van der Waals surface area contributed by atoms with Crippen molar-refractivity contribution in [3.63, 3.8) is 0 Å².